The molecule has 1 unspecified atom stereocenters. The summed E-state index contributed by atoms with van der Waals surface area (Å²) in [6, 6.07) is 10.00. The van der Waals surface area contributed by atoms with E-state index in [2.05, 4.69) is 24.1 Å². The molecule has 1 N–H and O–H groups in total. The van der Waals surface area contributed by atoms with E-state index in [1.807, 2.05) is 30.3 Å². The Kier molecular flexibility index (Phi) is 4.78. The van der Waals surface area contributed by atoms with Crippen molar-refractivity contribution < 1.29 is 9.53 Å². The average Bonchev–Trinajstić information content (AvgIpc) is 2.49. The van der Waals surface area contributed by atoms with Gasteiger partial charge in [0.25, 0.3) is 0 Å². The molecule has 0 amide bonds. The van der Waals surface area contributed by atoms with Crippen LogP contribution in [0.4, 0.5) is 0 Å². The summed E-state index contributed by atoms with van der Waals surface area (Å²) in [4.78, 5) is 15.0. The summed E-state index contributed by atoms with van der Waals surface area (Å²) < 4.78 is 5.18. The minimum Gasteiger partial charge on any atom is -0.467 e. The van der Waals surface area contributed by atoms with Crippen molar-refractivity contribution in [3.05, 3.63) is 35.9 Å². The molecule has 4 nitrogen and oxygen atoms in total. The first-order chi connectivity index (χ1) is 9.64. The first-order valence-corrected chi connectivity index (χ1v) is 7.23. The van der Waals surface area contributed by atoms with Gasteiger partial charge in [-0.3, -0.25) is 4.90 Å². The number of benzene rings is 1. The summed E-state index contributed by atoms with van der Waals surface area (Å²) in [5.41, 5.74) is 0.321. The second kappa shape index (κ2) is 6.37. The van der Waals surface area contributed by atoms with E-state index < -0.39 is 5.54 Å². The van der Waals surface area contributed by atoms with Gasteiger partial charge in [-0.1, -0.05) is 44.2 Å². The smallest absolute Gasteiger partial charge is 0.331 e. The molecule has 1 saturated heterocycles. The van der Waals surface area contributed by atoms with E-state index in [0.717, 1.165) is 31.7 Å². The number of ether oxygens (including phenoxy) is 1. The number of carbonyl (C=O) groups excluding carboxylic acids is 1. The highest BCUT2D eigenvalue weighted by Gasteiger charge is 2.49. The summed E-state index contributed by atoms with van der Waals surface area (Å²) in [5, 5.41) is 3.34. The maximum absolute atomic E-state index is 12.7. The Morgan fingerprint density at radius 1 is 1.25 bits per heavy atom. The van der Waals surface area contributed by atoms with Crippen LogP contribution >= 0.6 is 0 Å². The van der Waals surface area contributed by atoms with Crippen molar-refractivity contribution in [2.75, 3.05) is 33.3 Å². The molecule has 1 aromatic rings. The topological polar surface area (TPSA) is 41.6 Å². The molecule has 20 heavy (non-hydrogen) atoms. The Morgan fingerprint density at radius 2 is 1.85 bits per heavy atom. The van der Waals surface area contributed by atoms with E-state index >= 15 is 0 Å². The Morgan fingerprint density at radius 3 is 2.35 bits per heavy atom. The van der Waals surface area contributed by atoms with Crippen LogP contribution < -0.4 is 5.32 Å². The number of esters is 1. The number of piperazine rings is 1. The molecule has 0 bridgehead atoms. The molecule has 0 aliphatic carbocycles. The van der Waals surface area contributed by atoms with Crippen LogP contribution in [0, 0.1) is 5.92 Å². The van der Waals surface area contributed by atoms with Crippen molar-refractivity contribution >= 4 is 5.97 Å². The second-order valence-electron chi connectivity index (χ2n) is 5.52. The predicted molar refractivity (Wildman–Crippen MR) is 79.4 cm³/mol. The standard InChI is InChI=1S/C16H24N2O2/c1-13(2)16(15(19)20-3,14-7-5-4-6-8-14)18-11-9-17-10-12-18/h4-8,13,17H,9-12H2,1-3H3. The molecule has 110 valence electrons. The number of hydrogen-bond acceptors (Lipinski definition) is 4. The fraction of sp³-hybridized carbons (Fsp3) is 0.562. The third kappa shape index (κ3) is 2.45. The monoisotopic (exact) mass is 276 g/mol. The molecule has 2 rings (SSSR count). The largest absolute Gasteiger partial charge is 0.467 e. The quantitative estimate of drug-likeness (QED) is 0.849. The van der Waals surface area contributed by atoms with E-state index in [0.29, 0.717) is 0 Å². The summed E-state index contributed by atoms with van der Waals surface area (Å²) >= 11 is 0. The number of hydrogen-bond donors (Lipinski definition) is 1. The van der Waals surface area contributed by atoms with Gasteiger partial charge in [-0.15, -0.1) is 0 Å². The molecule has 0 spiro atoms. The second-order valence-corrected chi connectivity index (χ2v) is 5.52. The van der Waals surface area contributed by atoms with Crippen LogP contribution in [0.3, 0.4) is 0 Å². The summed E-state index contributed by atoms with van der Waals surface area (Å²) in [6.45, 7) is 7.68. The van der Waals surface area contributed by atoms with Gasteiger partial charge in [0.15, 0.2) is 0 Å². The van der Waals surface area contributed by atoms with E-state index in [-0.39, 0.29) is 11.9 Å². The Bertz CT molecular complexity index is 441. The Labute approximate surface area is 121 Å². The van der Waals surface area contributed by atoms with Crippen molar-refractivity contribution in [2.24, 2.45) is 5.92 Å². The summed E-state index contributed by atoms with van der Waals surface area (Å²) in [7, 11) is 1.48. The molecular formula is C16H24N2O2. The van der Waals surface area contributed by atoms with Crippen molar-refractivity contribution in [1.29, 1.82) is 0 Å². The first kappa shape index (κ1) is 15.0. The van der Waals surface area contributed by atoms with Gasteiger partial charge >= 0.3 is 5.97 Å². The minimum absolute atomic E-state index is 0.135. The molecule has 1 atom stereocenters. The van der Waals surface area contributed by atoms with Gasteiger partial charge in [-0.05, 0) is 11.5 Å². The SMILES string of the molecule is COC(=O)C(c1ccccc1)(C(C)C)N1CCNCC1. The number of nitrogens with one attached hydrogen (secondary N) is 1. The molecular weight excluding hydrogens is 252 g/mol. The number of rotatable bonds is 4. The van der Waals surface area contributed by atoms with Crippen LogP contribution in [0.15, 0.2) is 30.3 Å². The first-order valence-electron chi connectivity index (χ1n) is 7.23. The molecule has 1 aliphatic heterocycles. The van der Waals surface area contributed by atoms with Crippen molar-refractivity contribution in [3.63, 3.8) is 0 Å². The van der Waals surface area contributed by atoms with Crippen LogP contribution in [-0.4, -0.2) is 44.2 Å². The lowest BCUT2D eigenvalue weighted by Crippen LogP contribution is -2.61. The van der Waals surface area contributed by atoms with Gasteiger partial charge in [0.05, 0.1) is 7.11 Å². The normalized spacial score (nSPS) is 19.6. The average molecular weight is 276 g/mol. The molecule has 1 aromatic carbocycles. The fourth-order valence-corrected chi connectivity index (χ4v) is 3.23. The zero-order chi connectivity index (χ0) is 14.6. The fourth-order valence-electron chi connectivity index (χ4n) is 3.23. The molecule has 4 heteroatoms. The van der Waals surface area contributed by atoms with Gasteiger partial charge in [-0.2, -0.15) is 0 Å². The zero-order valence-corrected chi connectivity index (χ0v) is 12.6. The van der Waals surface area contributed by atoms with Gasteiger partial charge in [0, 0.05) is 26.2 Å². The van der Waals surface area contributed by atoms with E-state index in [9.17, 15) is 4.79 Å². The molecule has 0 radical (unpaired) electrons. The molecule has 1 aliphatic rings. The van der Waals surface area contributed by atoms with Crippen LogP contribution in [0.1, 0.15) is 19.4 Å². The summed E-state index contributed by atoms with van der Waals surface area (Å²) in [6.07, 6.45) is 0. The van der Waals surface area contributed by atoms with E-state index in [1.165, 1.54) is 7.11 Å². The Balaban J connectivity index is 2.52. The molecule has 0 saturated carbocycles. The highest BCUT2D eigenvalue weighted by molar-refractivity contribution is 5.83. The Hall–Kier alpha value is -1.39. The highest BCUT2D eigenvalue weighted by atomic mass is 16.5. The number of methoxy groups -OCH3 is 1. The minimum atomic E-state index is -0.696. The zero-order valence-electron chi connectivity index (χ0n) is 12.6. The van der Waals surface area contributed by atoms with Crippen LogP contribution in [0.25, 0.3) is 0 Å². The molecule has 1 heterocycles. The van der Waals surface area contributed by atoms with Crippen molar-refractivity contribution in [2.45, 2.75) is 19.4 Å². The maximum Gasteiger partial charge on any atom is 0.331 e. The lowest BCUT2D eigenvalue weighted by molar-refractivity contribution is -0.161. The van der Waals surface area contributed by atoms with Crippen LogP contribution in [0.2, 0.25) is 0 Å². The lowest BCUT2D eigenvalue weighted by atomic mass is 9.77. The van der Waals surface area contributed by atoms with Crippen molar-refractivity contribution in [1.82, 2.24) is 10.2 Å². The predicted octanol–water partition coefficient (Wildman–Crippen LogP) is 1.62. The summed E-state index contributed by atoms with van der Waals surface area (Å²) in [5.74, 6) is -0.0314. The molecule has 0 aromatic heterocycles. The third-order valence-corrected chi connectivity index (χ3v) is 4.16. The lowest BCUT2D eigenvalue weighted by Gasteiger charge is -2.46. The van der Waals surface area contributed by atoms with Crippen LogP contribution in [-0.2, 0) is 15.1 Å². The van der Waals surface area contributed by atoms with Crippen LogP contribution in [0.5, 0.6) is 0 Å². The maximum atomic E-state index is 12.7. The van der Waals surface area contributed by atoms with Gasteiger partial charge in [0.2, 0.25) is 0 Å². The van der Waals surface area contributed by atoms with Gasteiger partial charge in [-0.25, -0.2) is 4.79 Å². The highest BCUT2D eigenvalue weighted by Crippen LogP contribution is 2.37. The van der Waals surface area contributed by atoms with Gasteiger partial charge in [0.1, 0.15) is 5.54 Å². The molecule has 1 fully saturated rings. The van der Waals surface area contributed by atoms with Crippen molar-refractivity contribution in [3.8, 4) is 0 Å². The number of carbonyl (C=O) groups is 1. The van der Waals surface area contributed by atoms with E-state index in [1.54, 1.807) is 0 Å². The van der Waals surface area contributed by atoms with E-state index in [4.69, 9.17) is 4.74 Å². The van der Waals surface area contributed by atoms with Gasteiger partial charge < -0.3 is 10.1 Å². The third-order valence-electron chi connectivity index (χ3n) is 4.16. The number of nitrogens with zero attached hydrogens (tertiary/aromatic N) is 1.